The van der Waals surface area contributed by atoms with E-state index in [1.165, 1.54) is 6.07 Å². The molecule has 0 radical (unpaired) electrons. The molecule has 1 saturated carbocycles. The predicted octanol–water partition coefficient (Wildman–Crippen LogP) is 4.92. The summed E-state index contributed by atoms with van der Waals surface area (Å²) in [5.74, 6) is -1.20. The first-order chi connectivity index (χ1) is 10.1. The highest BCUT2D eigenvalue weighted by Gasteiger charge is 2.52. The lowest BCUT2D eigenvalue weighted by atomic mass is 9.51. The fourth-order valence-corrected chi connectivity index (χ4v) is 4.15. The number of benzene rings is 1. The van der Waals surface area contributed by atoms with Gasteiger partial charge in [-0.05, 0) is 41.9 Å². The first-order valence-electron chi connectivity index (χ1n) is 7.54. The van der Waals surface area contributed by atoms with Gasteiger partial charge in [0.2, 0.25) is 0 Å². The Kier molecular flexibility index (Phi) is 4.33. The first kappa shape index (κ1) is 17.3. The zero-order valence-corrected chi connectivity index (χ0v) is 13.1. The van der Waals surface area contributed by atoms with Crippen LogP contribution in [-0.2, 0) is 11.6 Å². The number of halogens is 4. The van der Waals surface area contributed by atoms with Gasteiger partial charge in [-0.2, -0.15) is 13.2 Å². The molecule has 0 saturated heterocycles. The van der Waals surface area contributed by atoms with E-state index in [0.717, 1.165) is 31.4 Å². The minimum Gasteiger partial charge on any atom is -0.395 e. The molecule has 2 rings (SSSR count). The minimum atomic E-state index is -4.71. The molecule has 0 aliphatic heterocycles. The Bertz CT molecular complexity index is 550. The van der Waals surface area contributed by atoms with Crippen molar-refractivity contribution in [3.05, 3.63) is 35.1 Å². The molecular weight excluding hydrogens is 296 g/mol. The molecule has 0 heterocycles. The van der Waals surface area contributed by atoms with Crippen LogP contribution in [0.5, 0.6) is 0 Å². The van der Waals surface area contributed by atoms with Crippen LogP contribution in [0.4, 0.5) is 17.6 Å². The quantitative estimate of drug-likeness (QED) is 0.767. The van der Waals surface area contributed by atoms with Gasteiger partial charge in [0, 0.05) is 5.41 Å². The predicted molar refractivity (Wildman–Crippen MR) is 77.0 cm³/mol. The molecule has 124 valence electrons. The maximum Gasteiger partial charge on any atom is 0.419 e. The van der Waals surface area contributed by atoms with Crippen LogP contribution in [-0.4, -0.2) is 11.7 Å². The Morgan fingerprint density at radius 1 is 1.27 bits per heavy atom. The van der Waals surface area contributed by atoms with E-state index < -0.39 is 23.0 Å². The van der Waals surface area contributed by atoms with Gasteiger partial charge in [-0.1, -0.05) is 33.3 Å². The van der Waals surface area contributed by atoms with Gasteiger partial charge in [0.1, 0.15) is 5.82 Å². The molecule has 1 N–H and O–H groups in total. The van der Waals surface area contributed by atoms with Crippen molar-refractivity contribution in [2.75, 3.05) is 6.61 Å². The highest BCUT2D eigenvalue weighted by atomic mass is 19.4. The summed E-state index contributed by atoms with van der Waals surface area (Å²) in [7, 11) is 0. The summed E-state index contributed by atoms with van der Waals surface area (Å²) in [6, 6.07) is 3.08. The van der Waals surface area contributed by atoms with Crippen LogP contribution in [0.15, 0.2) is 18.2 Å². The van der Waals surface area contributed by atoms with Crippen LogP contribution < -0.4 is 0 Å². The smallest absolute Gasteiger partial charge is 0.395 e. The Labute approximate surface area is 128 Å². The van der Waals surface area contributed by atoms with E-state index in [1.54, 1.807) is 0 Å². The zero-order valence-electron chi connectivity index (χ0n) is 13.1. The second kappa shape index (κ2) is 5.52. The van der Waals surface area contributed by atoms with Gasteiger partial charge >= 0.3 is 6.18 Å². The molecule has 0 aromatic heterocycles. The average molecular weight is 318 g/mol. The summed E-state index contributed by atoms with van der Waals surface area (Å²) < 4.78 is 52.2. The highest BCUT2D eigenvalue weighted by molar-refractivity contribution is 5.35. The van der Waals surface area contributed by atoms with Gasteiger partial charge in [0.05, 0.1) is 12.2 Å². The third-order valence-electron chi connectivity index (χ3n) is 5.53. The summed E-state index contributed by atoms with van der Waals surface area (Å²) in [6.45, 7) is 5.77. The monoisotopic (exact) mass is 318 g/mol. The van der Waals surface area contributed by atoms with Crippen molar-refractivity contribution in [1.82, 2.24) is 0 Å². The number of hydrogen-bond donors (Lipinski definition) is 1. The maximum atomic E-state index is 14.0. The molecule has 2 atom stereocenters. The summed E-state index contributed by atoms with van der Waals surface area (Å²) in [4.78, 5) is 0. The maximum absolute atomic E-state index is 14.0. The minimum absolute atomic E-state index is 0.0670. The largest absolute Gasteiger partial charge is 0.419 e. The number of aliphatic hydroxyl groups is 1. The van der Waals surface area contributed by atoms with E-state index >= 15 is 0 Å². The second-order valence-electron chi connectivity index (χ2n) is 7.00. The average Bonchev–Trinajstić information content (AvgIpc) is 2.37. The third kappa shape index (κ3) is 2.53. The lowest BCUT2D eigenvalue weighted by Crippen LogP contribution is -2.52. The van der Waals surface area contributed by atoms with Crippen molar-refractivity contribution in [3.63, 3.8) is 0 Å². The van der Waals surface area contributed by atoms with Crippen molar-refractivity contribution >= 4 is 0 Å². The van der Waals surface area contributed by atoms with Gasteiger partial charge < -0.3 is 5.11 Å². The number of hydrogen-bond acceptors (Lipinski definition) is 1. The molecule has 1 aromatic carbocycles. The molecule has 5 heteroatoms. The van der Waals surface area contributed by atoms with E-state index in [9.17, 15) is 22.7 Å². The second-order valence-corrected chi connectivity index (χ2v) is 7.00. The summed E-state index contributed by atoms with van der Waals surface area (Å²) in [5, 5.41) is 10.1. The molecule has 1 fully saturated rings. The molecule has 0 amide bonds. The SMILES string of the molecule is C[C@H]1CCCC(C)(C)[C@@]1(CO)c1ccc(C(F)(F)F)c(F)c1. The number of alkyl halides is 3. The molecule has 1 aliphatic rings. The Morgan fingerprint density at radius 3 is 2.36 bits per heavy atom. The van der Waals surface area contributed by atoms with E-state index in [-0.39, 0.29) is 17.9 Å². The molecule has 1 aliphatic carbocycles. The van der Waals surface area contributed by atoms with Gasteiger partial charge in [0.15, 0.2) is 0 Å². The molecule has 1 aromatic rings. The Morgan fingerprint density at radius 2 is 1.91 bits per heavy atom. The van der Waals surface area contributed by atoms with E-state index in [2.05, 4.69) is 0 Å². The topological polar surface area (TPSA) is 20.2 Å². The molecular formula is C17H22F4O. The van der Waals surface area contributed by atoms with E-state index in [0.29, 0.717) is 5.56 Å². The highest BCUT2D eigenvalue weighted by Crippen LogP contribution is 2.55. The number of rotatable bonds is 2. The van der Waals surface area contributed by atoms with Crippen molar-refractivity contribution in [1.29, 1.82) is 0 Å². The Hall–Kier alpha value is -1.10. The van der Waals surface area contributed by atoms with Gasteiger partial charge in [0.25, 0.3) is 0 Å². The lowest BCUT2D eigenvalue weighted by molar-refractivity contribution is -0.140. The van der Waals surface area contributed by atoms with Gasteiger partial charge in [-0.25, -0.2) is 4.39 Å². The van der Waals surface area contributed by atoms with Crippen LogP contribution in [0.1, 0.15) is 51.2 Å². The molecule has 1 nitrogen and oxygen atoms in total. The van der Waals surface area contributed by atoms with Gasteiger partial charge in [-0.3, -0.25) is 0 Å². The summed E-state index contributed by atoms with van der Waals surface area (Å²) >= 11 is 0. The molecule has 22 heavy (non-hydrogen) atoms. The first-order valence-corrected chi connectivity index (χ1v) is 7.54. The van der Waals surface area contributed by atoms with E-state index in [1.807, 2.05) is 20.8 Å². The van der Waals surface area contributed by atoms with Crippen molar-refractivity contribution < 1.29 is 22.7 Å². The molecule has 0 unspecified atom stereocenters. The lowest BCUT2D eigenvalue weighted by Gasteiger charge is -2.54. The Balaban J connectivity index is 2.58. The molecule has 0 bridgehead atoms. The van der Waals surface area contributed by atoms with Crippen molar-refractivity contribution in [2.45, 2.75) is 51.6 Å². The summed E-state index contributed by atoms with van der Waals surface area (Å²) in [6.07, 6.45) is -1.99. The molecule has 0 spiro atoms. The van der Waals surface area contributed by atoms with Crippen LogP contribution in [0.25, 0.3) is 0 Å². The number of aliphatic hydroxyl groups excluding tert-OH is 1. The van der Waals surface area contributed by atoms with Crippen molar-refractivity contribution in [3.8, 4) is 0 Å². The summed E-state index contributed by atoms with van der Waals surface area (Å²) in [5.41, 5.74) is -1.84. The van der Waals surface area contributed by atoms with Crippen LogP contribution in [0.3, 0.4) is 0 Å². The third-order valence-corrected chi connectivity index (χ3v) is 5.53. The fraction of sp³-hybridized carbons (Fsp3) is 0.647. The normalized spacial score (nSPS) is 28.6. The van der Waals surface area contributed by atoms with Crippen LogP contribution in [0, 0.1) is 17.2 Å². The van der Waals surface area contributed by atoms with Crippen LogP contribution >= 0.6 is 0 Å². The fourth-order valence-electron chi connectivity index (χ4n) is 4.15. The van der Waals surface area contributed by atoms with E-state index in [4.69, 9.17) is 0 Å². The van der Waals surface area contributed by atoms with Crippen molar-refractivity contribution in [2.24, 2.45) is 11.3 Å². The zero-order chi connectivity index (χ0) is 16.8. The van der Waals surface area contributed by atoms with Gasteiger partial charge in [-0.15, -0.1) is 0 Å². The van der Waals surface area contributed by atoms with Crippen LogP contribution in [0.2, 0.25) is 0 Å². The standard InChI is InChI=1S/C17H22F4O/c1-11-5-4-8-15(2,3)16(11,10-22)12-6-7-13(14(18)9-12)17(19,20)21/h6-7,9,11,22H,4-5,8,10H2,1-3H3/t11-,16+/m0/s1.